The van der Waals surface area contributed by atoms with E-state index in [0.717, 1.165) is 0 Å². The summed E-state index contributed by atoms with van der Waals surface area (Å²) in [4.78, 5) is 18.4. The first-order valence-electron chi connectivity index (χ1n) is 5.17. The summed E-state index contributed by atoms with van der Waals surface area (Å²) in [7, 11) is 0. The van der Waals surface area contributed by atoms with Gasteiger partial charge in [-0.05, 0) is 12.1 Å². The Hall–Kier alpha value is -2.02. The molecule has 0 saturated carbocycles. The Bertz CT molecular complexity index is 601. The third kappa shape index (κ3) is 3.47. The minimum Gasteiger partial charge on any atom is -0.487 e. The van der Waals surface area contributed by atoms with Crippen LogP contribution in [0.3, 0.4) is 0 Å². The average Bonchev–Trinajstić information content (AvgIpc) is 2.35. The van der Waals surface area contributed by atoms with Crippen molar-refractivity contribution in [3.63, 3.8) is 0 Å². The summed E-state index contributed by atoms with van der Waals surface area (Å²) in [6.07, 6.45) is 2.42. The molecule has 1 aromatic carbocycles. The molecule has 0 saturated heterocycles. The van der Waals surface area contributed by atoms with Crippen LogP contribution in [-0.2, 0) is 6.61 Å². The predicted molar refractivity (Wildman–Crippen MR) is 67.4 cm³/mol. The fraction of sp³-hybridized carbons (Fsp3) is 0.0833. The van der Waals surface area contributed by atoms with Gasteiger partial charge in [-0.2, -0.15) is 0 Å². The van der Waals surface area contributed by atoms with Crippen LogP contribution < -0.4 is 4.74 Å². The molecule has 0 aliphatic rings. The third-order valence-corrected chi connectivity index (χ3v) is 2.69. The first-order chi connectivity index (χ1) is 9.06. The highest BCUT2D eigenvalue weighted by Gasteiger charge is 2.12. The number of hydrogen-bond donors (Lipinski definition) is 1. The van der Waals surface area contributed by atoms with Gasteiger partial charge in [-0.3, -0.25) is 0 Å². The summed E-state index contributed by atoms with van der Waals surface area (Å²) in [6, 6.07) is 4.07. The topological polar surface area (TPSA) is 72.3 Å². The zero-order valence-electron chi connectivity index (χ0n) is 9.51. The van der Waals surface area contributed by atoms with Crippen molar-refractivity contribution in [3.8, 4) is 5.75 Å². The van der Waals surface area contributed by atoms with Crippen molar-refractivity contribution in [2.45, 2.75) is 6.61 Å². The van der Waals surface area contributed by atoms with E-state index in [4.69, 9.17) is 9.84 Å². The van der Waals surface area contributed by atoms with Gasteiger partial charge in [0.15, 0.2) is 0 Å². The van der Waals surface area contributed by atoms with Crippen LogP contribution in [-0.4, -0.2) is 21.0 Å². The molecule has 1 heterocycles. The van der Waals surface area contributed by atoms with Gasteiger partial charge >= 0.3 is 5.97 Å². The molecule has 98 valence electrons. The molecular formula is C12H8BrFN2O3. The summed E-state index contributed by atoms with van der Waals surface area (Å²) in [5.74, 6) is -1.31. The molecule has 0 radical (unpaired) electrons. The molecule has 19 heavy (non-hydrogen) atoms. The predicted octanol–water partition coefficient (Wildman–Crippen LogP) is 2.66. The van der Waals surface area contributed by atoms with Gasteiger partial charge in [0.1, 0.15) is 30.1 Å². The summed E-state index contributed by atoms with van der Waals surface area (Å²) >= 11 is 3.14. The minimum atomic E-state index is -1.14. The van der Waals surface area contributed by atoms with E-state index in [9.17, 15) is 9.18 Å². The number of hydrogen-bond acceptors (Lipinski definition) is 4. The van der Waals surface area contributed by atoms with Crippen LogP contribution >= 0.6 is 15.9 Å². The van der Waals surface area contributed by atoms with Crippen LogP contribution in [0.5, 0.6) is 5.75 Å². The highest BCUT2D eigenvalue weighted by molar-refractivity contribution is 9.10. The van der Waals surface area contributed by atoms with Crippen LogP contribution in [0.4, 0.5) is 4.39 Å². The molecule has 0 atom stereocenters. The first-order valence-corrected chi connectivity index (χ1v) is 5.96. The van der Waals surface area contributed by atoms with E-state index >= 15 is 0 Å². The van der Waals surface area contributed by atoms with E-state index in [1.165, 1.54) is 24.7 Å². The Kier molecular flexibility index (Phi) is 4.06. The number of carbonyl (C=O) groups is 1. The molecule has 1 aromatic heterocycles. The van der Waals surface area contributed by atoms with Crippen molar-refractivity contribution in [3.05, 3.63) is 52.3 Å². The van der Waals surface area contributed by atoms with E-state index < -0.39 is 11.8 Å². The summed E-state index contributed by atoms with van der Waals surface area (Å²) in [5, 5.41) is 8.95. The number of rotatable bonds is 4. The van der Waals surface area contributed by atoms with Crippen molar-refractivity contribution in [2.75, 3.05) is 0 Å². The molecule has 0 bridgehead atoms. The number of benzene rings is 1. The molecule has 0 aliphatic carbocycles. The zero-order valence-corrected chi connectivity index (χ0v) is 11.1. The Morgan fingerprint density at radius 2 is 2.21 bits per heavy atom. The van der Waals surface area contributed by atoms with Gasteiger partial charge in [-0.25, -0.2) is 19.2 Å². The molecule has 2 rings (SSSR count). The summed E-state index contributed by atoms with van der Waals surface area (Å²) in [6.45, 7) is -0.0833. The quantitative estimate of drug-likeness (QED) is 0.935. The molecule has 5 nitrogen and oxygen atoms in total. The van der Waals surface area contributed by atoms with Gasteiger partial charge < -0.3 is 9.84 Å². The number of carboxylic acids is 1. The highest BCUT2D eigenvalue weighted by Crippen LogP contribution is 2.21. The molecule has 0 aliphatic heterocycles. The van der Waals surface area contributed by atoms with Crippen molar-refractivity contribution in [2.24, 2.45) is 0 Å². The Balaban J connectivity index is 2.16. The summed E-state index contributed by atoms with van der Waals surface area (Å²) in [5.41, 5.74) is 0.181. The van der Waals surface area contributed by atoms with Crippen LogP contribution in [0.15, 0.2) is 35.2 Å². The fourth-order valence-electron chi connectivity index (χ4n) is 1.41. The van der Waals surface area contributed by atoms with Gasteiger partial charge in [0.25, 0.3) is 0 Å². The van der Waals surface area contributed by atoms with Crippen molar-refractivity contribution >= 4 is 21.9 Å². The first kappa shape index (κ1) is 13.4. The van der Waals surface area contributed by atoms with E-state index in [2.05, 4.69) is 25.9 Å². The SMILES string of the molecule is O=C(O)c1cncnc1COc1cc(F)cc(Br)c1. The lowest BCUT2D eigenvalue weighted by molar-refractivity contribution is 0.0692. The lowest BCUT2D eigenvalue weighted by atomic mass is 10.2. The molecule has 0 amide bonds. The molecular weight excluding hydrogens is 319 g/mol. The van der Waals surface area contributed by atoms with E-state index in [-0.39, 0.29) is 23.6 Å². The number of aromatic nitrogens is 2. The Labute approximate surface area is 116 Å². The smallest absolute Gasteiger partial charge is 0.339 e. The maximum atomic E-state index is 13.1. The second-order valence-electron chi connectivity index (χ2n) is 3.58. The monoisotopic (exact) mass is 326 g/mol. The lowest BCUT2D eigenvalue weighted by Crippen LogP contribution is -2.08. The maximum Gasteiger partial charge on any atom is 0.339 e. The normalized spacial score (nSPS) is 10.2. The second kappa shape index (κ2) is 5.75. The number of halogens is 2. The zero-order chi connectivity index (χ0) is 13.8. The van der Waals surface area contributed by atoms with Gasteiger partial charge in [-0.15, -0.1) is 0 Å². The fourth-order valence-corrected chi connectivity index (χ4v) is 1.86. The second-order valence-corrected chi connectivity index (χ2v) is 4.50. The molecule has 0 unspecified atom stereocenters. The van der Waals surface area contributed by atoms with Crippen molar-refractivity contribution < 1.29 is 19.0 Å². The largest absolute Gasteiger partial charge is 0.487 e. The van der Waals surface area contributed by atoms with Crippen LogP contribution in [0, 0.1) is 5.82 Å². The van der Waals surface area contributed by atoms with Gasteiger partial charge in [0.05, 0.1) is 5.69 Å². The van der Waals surface area contributed by atoms with Gasteiger partial charge in [-0.1, -0.05) is 15.9 Å². The average molecular weight is 327 g/mol. The van der Waals surface area contributed by atoms with E-state index in [1.54, 1.807) is 6.07 Å². The maximum absolute atomic E-state index is 13.1. The number of carboxylic acid groups (broad SMARTS) is 1. The lowest BCUT2D eigenvalue weighted by Gasteiger charge is -2.08. The molecule has 1 N–H and O–H groups in total. The minimum absolute atomic E-state index is 0.0435. The van der Waals surface area contributed by atoms with Crippen LogP contribution in [0.1, 0.15) is 16.1 Å². The molecule has 2 aromatic rings. The number of nitrogens with zero attached hydrogens (tertiary/aromatic N) is 2. The molecule has 0 spiro atoms. The molecule has 0 fully saturated rings. The van der Waals surface area contributed by atoms with Gasteiger partial charge in [0.2, 0.25) is 0 Å². The Morgan fingerprint density at radius 3 is 2.89 bits per heavy atom. The van der Waals surface area contributed by atoms with Crippen LogP contribution in [0.25, 0.3) is 0 Å². The van der Waals surface area contributed by atoms with E-state index in [1.807, 2.05) is 0 Å². The highest BCUT2D eigenvalue weighted by atomic mass is 79.9. The number of ether oxygens (including phenoxy) is 1. The van der Waals surface area contributed by atoms with E-state index in [0.29, 0.717) is 4.47 Å². The number of aromatic carboxylic acids is 1. The van der Waals surface area contributed by atoms with Crippen LogP contribution in [0.2, 0.25) is 0 Å². The summed E-state index contributed by atoms with van der Waals surface area (Å²) < 4.78 is 19.0. The third-order valence-electron chi connectivity index (χ3n) is 2.24. The molecule has 7 heteroatoms. The standard InChI is InChI=1S/C12H8BrFN2O3/c13-7-1-8(14)3-9(2-7)19-5-11-10(12(17)18)4-15-6-16-11/h1-4,6H,5H2,(H,17,18). The van der Waals surface area contributed by atoms with Gasteiger partial charge in [0, 0.05) is 16.7 Å². The van der Waals surface area contributed by atoms with Crippen molar-refractivity contribution in [1.29, 1.82) is 0 Å². The van der Waals surface area contributed by atoms with Crippen molar-refractivity contribution in [1.82, 2.24) is 9.97 Å². The Morgan fingerprint density at radius 1 is 1.42 bits per heavy atom.